The van der Waals surface area contributed by atoms with Crippen molar-refractivity contribution in [1.82, 2.24) is 20.0 Å². The molecule has 0 spiro atoms. The Bertz CT molecular complexity index is 688. The van der Waals surface area contributed by atoms with Gasteiger partial charge in [-0.15, -0.1) is 10.2 Å². The van der Waals surface area contributed by atoms with Gasteiger partial charge in [-0.1, -0.05) is 6.58 Å². The van der Waals surface area contributed by atoms with E-state index in [4.69, 9.17) is 9.78 Å². The first-order chi connectivity index (χ1) is 10.5. The number of aryl methyl sites for hydroxylation is 1. The number of H-pyrrole nitrogens is 1. The highest BCUT2D eigenvalue weighted by molar-refractivity contribution is 5.71. The van der Waals surface area contributed by atoms with E-state index in [1.807, 2.05) is 6.92 Å². The molecule has 0 saturated carbocycles. The van der Waals surface area contributed by atoms with Crippen molar-refractivity contribution in [2.24, 2.45) is 17.3 Å². The summed E-state index contributed by atoms with van der Waals surface area (Å²) in [5.74, 6) is 0.323. The molecule has 0 aliphatic heterocycles. The number of azo groups is 1. The molecule has 0 unspecified atom stereocenters. The monoisotopic (exact) mass is 306 g/mol. The van der Waals surface area contributed by atoms with Crippen molar-refractivity contribution >= 4 is 17.1 Å². The van der Waals surface area contributed by atoms with Crippen LogP contribution in [0.15, 0.2) is 23.0 Å². The van der Waals surface area contributed by atoms with Crippen LogP contribution in [-0.4, -0.2) is 31.7 Å². The molecular weight excluding hydrogens is 288 g/mol. The normalized spacial score (nSPS) is 11.4. The van der Waals surface area contributed by atoms with Crippen LogP contribution in [0, 0.1) is 0 Å². The minimum Gasteiger partial charge on any atom is -0.492 e. The highest BCUT2D eigenvalue weighted by atomic mass is 17.2. The predicted octanol–water partition coefficient (Wildman–Crippen LogP) is 2.77. The maximum absolute atomic E-state index is 9.97. The standard InChI is InChI=1S/C13H18N6O3/c1-5-21-22-7-9-6-14-16-12(9)17-15-11-10(8(2)3)18-19(4)13(11)20/h6,20H,2,5,7H2,1,3-4H3,(H,14,16)/b17-15+. The van der Waals surface area contributed by atoms with E-state index in [0.29, 0.717) is 29.3 Å². The Labute approximate surface area is 127 Å². The van der Waals surface area contributed by atoms with Crippen LogP contribution < -0.4 is 0 Å². The summed E-state index contributed by atoms with van der Waals surface area (Å²) in [7, 11) is 1.61. The summed E-state index contributed by atoms with van der Waals surface area (Å²) in [6.45, 7) is 8.03. The van der Waals surface area contributed by atoms with Gasteiger partial charge < -0.3 is 5.11 Å². The third-order valence-electron chi connectivity index (χ3n) is 2.76. The molecule has 118 valence electrons. The molecule has 0 aromatic carbocycles. The van der Waals surface area contributed by atoms with E-state index in [0.717, 1.165) is 0 Å². The molecule has 0 radical (unpaired) electrons. The maximum atomic E-state index is 9.97. The first-order valence-electron chi connectivity index (χ1n) is 6.64. The van der Waals surface area contributed by atoms with E-state index < -0.39 is 0 Å². The van der Waals surface area contributed by atoms with Gasteiger partial charge in [-0.2, -0.15) is 10.2 Å². The summed E-state index contributed by atoms with van der Waals surface area (Å²) >= 11 is 0. The number of aromatic hydroxyl groups is 1. The molecular formula is C13H18N6O3. The van der Waals surface area contributed by atoms with E-state index >= 15 is 0 Å². The van der Waals surface area contributed by atoms with E-state index in [2.05, 4.69) is 32.1 Å². The maximum Gasteiger partial charge on any atom is 0.238 e. The molecule has 2 rings (SSSR count). The molecule has 0 fully saturated rings. The van der Waals surface area contributed by atoms with Crippen LogP contribution in [0.4, 0.5) is 11.5 Å². The Kier molecular flexibility index (Phi) is 5.02. The second kappa shape index (κ2) is 6.96. The summed E-state index contributed by atoms with van der Waals surface area (Å²) in [5, 5.41) is 28.8. The Hall–Kier alpha value is -2.52. The van der Waals surface area contributed by atoms with Crippen molar-refractivity contribution < 1.29 is 14.9 Å². The molecule has 0 bridgehead atoms. The molecule has 0 saturated heterocycles. The Morgan fingerprint density at radius 3 is 2.91 bits per heavy atom. The number of nitrogens with one attached hydrogen (secondary N) is 1. The molecule has 2 aromatic heterocycles. The molecule has 2 heterocycles. The Morgan fingerprint density at radius 2 is 2.23 bits per heavy atom. The lowest BCUT2D eigenvalue weighted by Crippen LogP contribution is -1.93. The summed E-state index contributed by atoms with van der Waals surface area (Å²) < 4.78 is 1.31. The number of nitrogens with zero attached hydrogens (tertiary/aromatic N) is 5. The van der Waals surface area contributed by atoms with Gasteiger partial charge in [0, 0.05) is 12.6 Å². The number of hydrogen-bond donors (Lipinski definition) is 2. The fourth-order valence-corrected chi connectivity index (χ4v) is 1.67. The second-order valence-corrected chi connectivity index (χ2v) is 4.54. The van der Waals surface area contributed by atoms with Crippen molar-refractivity contribution in [3.8, 4) is 5.88 Å². The van der Waals surface area contributed by atoms with Gasteiger partial charge in [0.2, 0.25) is 5.88 Å². The van der Waals surface area contributed by atoms with Crippen molar-refractivity contribution in [1.29, 1.82) is 0 Å². The van der Waals surface area contributed by atoms with Gasteiger partial charge >= 0.3 is 0 Å². The van der Waals surface area contributed by atoms with Gasteiger partial charge in [0.05, 0.1) is 12.8 Å². The molecule has 0 atom stereocenters. The molecule has 0 aliphatic rings. The lowest BCUT2D eigenvalue weighted by Gasteiger charge is -1.99. The van der Waals surface area contributed by atoms with E-state index in [1.165, 1.54) is 4.68 Å². The molecule has 22 heavy (non-hydrogen) atoms. The van der Waals surface area contributed by atoms with Crippen LogP contribution in [-0.2, 0) is 23.4 Å². The zero-order valence-electron chi connectivity index (χ0n) is 12.7. The minimum atomic E-state index is -0.0895. The van der Waals surface area contributed by atoms with Gasteiger partial charge in [0.1, 0.15) is 12.3 Å². The lowest BCUT2D eigenvalue weighted by molar-refractivity contribution is -0.300. The van der Waals surface area contributed by atoms with Gasteiger partial charge in [0.15, 0.2) is 11.5 Å². The zero-order valence-corrected chi connectivity index (χ0v) is 12.7. The van der Waals surface area contributed by atoms with Crippen molar-refractivity contribution in [3.05, 3.63) is 24.0 Å². The minimum absolute atomic E-state index is 0.0895. The zero-order chi connectivity index (χ0) is 16.1. The molecule has 9 heteroatoms. The number of allylic oxidation sites excluding steroid dienone is 1. The third kappa shape index (κ3) is 3.38. The highest BCUT2D eigenvalue weighted by Crippen LogP contribution is 2.34. The second-order valence-electron chi connectivity index (χ2n) is 4.54. The first kappa shape index (κ1) is 15.9. The summed E-state index contributed by atoms with van der Waals surface area (Å²) in [6.07, 6.45) is 1.57. The fourth-order valence-electron chi connectivity index (χ4n) is 1.67. The predicted molar refractivity (Wildman–Crippen MR) is 78.8 cm³/mol. The SMILES string of the molecule is C=C(C)c1nn(C)c(O)c1/N=N/c1[nH]ncc1COOCC. The summed E-state index contributed by atoms with van der Waals surface area (Å²) in [6, 6.07) is 0. The third-order valence-corrected chi connectivity index (χ3v) is 2.76. The largest absolute Gasteiger partial charge is 0.492 e. The van der Waals surface area contributed by atoms with Crippen molar-refractivity contribution in [2.45, 2.75) is 20.5 Å². The van der Waals surface area contributed by atoms with Crippen molar-refractivity contribution in [2.75, 3.05) is 6.61 Å². The van der Waals surface area contributed by atoms with Gasteiger partial charge in [-0.05, 0) is 19.4 Å². The smallest absolute Gasteiger partial charge is 0.238 e. The Morgan fingerprint density at radius 1 is 1.45 bits per heavy atom. The molecule has 9 nitrogen and oxygen atoms in total. The van der Waals surface area contributed by atoms with Crippen molar-refractivity contribution in [3.63, 3.8) is 0 Å². The topological polar surface area (TPSA) is 110 Å². The Balaban J connectivity index is 2.23. The number of aromatic amines is 1. The average molecular weight is 306 g/mol. The van der Waals surface area contributed by atoms with Gasteiger partial charge in [-0.3, -0.25) is 5.10 Å². The van der Waals surface area contributed by atoms with Gasteiger partial charge in [-0.25, -0.2) is 14.5 Å². The van der Waals surface area contributed by atoms with Gasteiger partial charge in [0.25, 0.3) is 0 Å². The van der Waals surface area contributed by atoms with Crippen LogP contribution >= 0.6 is 0 Å². The number of rotatable bonds is 7. The molecule has 0 aliphatic carbocycles. The quantitative estimate of drug-likeness (QED) is 0.354. The number of aromatic nitrogens is 4. The average Bonchev–Trinajstić information content (AvgIpc) is 3.03. The molecule has 2 aromatic rings. The van der Waals surface area contributed by atoms with Crippen LogP contribution in [0.2, 0.25) is 0 Å². The van der Waals surface area contributed by atoms with Crippen LogP contribution in [0.1, 0.15) is 25.1 Å². The first-order valence-corrected chi connectivity index (χ1v) is 6.64. The van der Waals surface area contributed by atoms with E-state index in [1.54, 1.807) is 20.2 Å². The van der Waals surface area contributed by atoms with E-state index in [-0.39, 0.29) is 18.2 Å². The lowest BCUT2D eigenvalue weighted by atomic mass is 10.2. The van der Waals surface area contributed by atoms with Crippen LogP contribution in [0.5, 0.6) is 5.88 Å². The van der Waals surface area contributed by atoms with E-state index in [9.17, 15) is 5.11 Å². The molecule has 2 N–H and O–H groups in total. The summed E-state index contributed by atoms with van der Waals surface area (Å²) in [5.41, 5.74) is 2.09. The fraction of sp³-hybridized carbons (Fsp3) is 0.385. The van der Waals surface area contributed by atoms with Crippen LogP contribution in [0.25, 0.3) is 5.57 Å². The van der Waals surface area contributed by atoms with Crippen LogP contribution in [0.3, 0.4) is 0 Å². The molecule has 0 amide bonds. The summed E-state index contributed by atoms with van der Waals surface area (Å²) in [4.78, 5) is 9.79. The number of hydrogen-bond acceptors (Lipinski definition) is 7. The highest BCUT2D eigenvalue weighted by Gasteiger charge is 2.16.